The minimum absolute atomic E-state index is 0.0665. The third-order valence-corrected chi connectivity index (χ3v) is 4.12. The molecule has 3 N–H and O–H groups in total. The fourth-order valence-electron chi connectivity index (χ4n) is 2.58. The van der Waals surface area contributed by atoms with Crippen molar-refractivity contribution in [2.45, 2.75) is 12.5 Å². The van der Waals surface area contributed by atoms with E-state index in [-0.39, 0.29) is 16.7 Å². The molecule has 0 bridgehead atoms. The molecule has 0 aliphatic heterocycles. The number of hydrogen-bond acceptors (Lipinski definition) is 4. The zero-order valence-electron chi connectivity index (χ0n) is 13.8. The molecule has 6 nitrogen and oxygen atoms in total. The highest BCUT2D eigenvalue weighted by Crippen LogP contribution is 2.21. The number of carbonyl (C=O) groups excluding carboxylic acids is 2. The normalized spacial score (nSPS) is 13.2. The van der Waals surface area contributed by atoms with Gasteiger partial charge in [-0.2, -0.15) is 0 Å². The van der Waals surface area contributed by atoms with Gasteiger partial charge in [0.15, 0.2) is 11.2 Å². The molecule has 2 amide bonds. The van der Waals surface area contributed by atoms with Crippen LogP contribution in [0, 0.1) is 5.82 Å². The van der Waals surface area contributed by atoms with E-state index in [2.05, 4.69) is 5.32 Å². The van der Waals surface area contributed by atoms with Gasteiger partial charge in [-0.05, 0) is 24.6 Å². The Morgan fingerprint density at radius 3 is 2.46 bits per heavy atom. The number of rotatable bonds is 4. The highest BCUT2D eigenvalue weighted by molar-refractivity contribution is 5.98. The second-order valence-corrected chi connectivity index (χ2v) is 5.92. The van der Waals surface area contributed by atoms with Gasteiger partial charge in [0, 0.05) is 12.1 Å². The number of primary amides is 1. The van der Waals surface area contributed by atoms with E-state index in [1.165, 1.54) is 13.0 Å². The summed E-state index contributed by atoms with van der Waals surface area (Å²) >= 11 is 0. The third-order valence-electron chi connectivity index (χ3n) is 4.12. The number of carbonyl (C=O) groups is 2. The highest BCUT2D eigenvalue weighted by Gasteiger charge is 2.35. The molecule has 3 aromatic rings. The monoisotopic (exact) mass is 354 g/mol. The Hall–Kier alpha value is -3.48. The van der Waals surface area contributed by atoms with Crippen LogP contribution in [0.2, 0.25) is 0 Å². The Morgan fingerprint density at radius 2 is 1.81 bits per heavy atom. The van der Waals surface area contributed by atoms with Crippen LogP contribution in [0.1, 0.15) is 23.0 Å². The Kier molecular flexibility index (Phi) is 4.29. The summed E-state index contributed by atoms with van der Waals surface area (Å²) in [6.07, 6.45) is 0. The maximum Gasteiger partial charge on any atom is 0.288 e. The number of benzene rings is 2. The van der Waals surface area contributed by atoms with E-state index >= 15 is 0 Å². The van der Waals surface area contributed by atoms with E-state index in [1.54, 1.807) is 30.3 Å². The highest BCUT2D eigenvalue weighted by atomic mass is 19.1. The fraction of sp³-hybridized carbons (Fsp3) is 0.105. The predicted molar refractivity (Wildman–Crippen MR) is 92.9 cm³/mol. The molecule has 26 heavy (non-hydrogen) atoms. The van der Waals surface area contributed by atoms with Crippen LogP contribution < -0.4 is 16.5 Å². The second kappa shape index (κ2) is 6.44. The van der Waals surface area contributed by atoms with Gasteiger partial charge in [0.05, 0.1) is 5.39 Å². The van der Waals surface area contributed by atoms with Gasteiger partial charge >= 0.3 is 0 Å². The van der Waals surface area contributed by atoms with Crippen molar-refractivity contribution in [2.75, 3.05) is 0 Å². The van der Waals surface area contributed by atoms with Crippen LogP contribution in [-0.4, -0.2) is 11.8 Å². The smallest absolute Gasteiger partial charge is 0.288 e. The van der Waals surface area contributed by atoms with Crippen molar-refractivity contribution in [3.8, 4) is 0 Å². The van der Waals surface area contributed by atoms with Gasteiger partial charge < -0.3 is 15.5 Å². The van der Waals surface area contributed by atoms with Crippen molar-refractivity contribution < 1.29 is 18.4 Å². The molecule has 0 aliphatic rings. The molecule has 0 saturated heterocycles. The maximum absolute atomic E-state index is 13.4. The molecular weight excluding hydrogens is 339 g/mol. The lowest BCUT2D eigenvalue weighted by molar-refractivity contribution is -0.123. The third kappa shape index (κ3) is 3.06. The summed E-state index contributed by atoms with van der Waals surface area (Å²) in [5.41, 5.74) is 3.85. The summed E-state index contributed by atoms with van der Waals surface area (Å²) in [5.74, 6) is -2.56. The van der Waals surface area contributed by atoms with Gasteiger partial charge in [-0.3, -0.25) is 14.4 Å². The molecule has 0 radical (unpaired) electrons. The Morgan fingerprint density at radius 1 is 1.12 bits per heavy atom. The molecule has 0 saturated carbocycles. The quantitative estimate of drug-likeness (QED) is 0.748. The van der Waals surface area contributed by atoms with Gasteiger partial charge in [-0.15, -0.1) is 0 Å². The lowest BCUT2D eigenvalue weighted by Gasteiger charge is -2.27. The number of halogens is 1. The first-order valence-corrected chi connectivity index (χ1v) is 7.72. The first-order chi connectivity index (χ1) is 12.3. The van der Waals surface area contributed by atoms with E-state index in [0.29, 0.717) is 5.56 Å². The van der Waals surface area contributed by atoms with Gasteiger partial charge in [0.1, 0.15) is 16.9 Å². The molecule has 0 aliphatic carbocycles. The summed E-state index contributed by atoms with van der Waals surface area (Å²) < 4.78 is 18.7. The molecule has 7 heteroatoms. The zero-order chi connectivity index (χ0) is 18.9. The first-order valence-electron chi connectivity index (χ1n) is 7.72. The van der Waals surface area contributed by atoms with E-state index in [4.69, 9.17) is 10.2 Å². The van der Waals surface area contributed by atoms with Crippen molar-refractivity contribution in [1.29, 1.82) is 0 Å². The molecule has 1 unspecified atom stereocenters. The van der Waals surface area contributed by atoms with E-state index in [1.807, 2.05) is 0 Å². The number of amides is 2. The van der Waals surface area contributed by atoms with Crippen LogP contribution in [0.15, 0.2) is 63.8 Å². The van der Waals surface area contributed by atoms with Crippen LogP contribution in [0.5, 0.6) is 0 Å². The van der Waals surface area contributed by atoms with Crippen molar-refractivity contribution in [3.05, 3.63) is 82.0 Å². The van der Waals surface area contributed by atoms with Crippen LogP contribution in [0.3, 0.4) is 0 Å². The van der Waals surface area contributed by atoms with Gasteiger partial charge in [-0.1, -0.05) is 30.3 Å². The largest absolute Gasteiger partial charge is 0.451 e. The summed E-state index contributed by atoms with van der Waals surface area (Å²) in [7, 11) is 0. The molecule has 3 rings (SSSR count). The summed E-state index contributed by atoms with van der Waals surface area (Å²) in [5, 5.41) is 2.63. The molecule has 132 valence electrons. The molecule has 0 spiro atoms. The summed E-state index contributed by atoms with van der Waals surface area (Å²) in [6, 6.07) is 12.8. The lowest BCUT2D eigenvalue weighted by Crippen LogP contribution is -2.52. The molecule has 1 aromatic heterocycles. The minimum Gasteiger partial charge on any atom is -0.451 e. The molecule has 1 heterocycles. The lowest BCUT2D eigenvalue weighted by atomic mass is 9.91. The molecular formula is C19H15FN2O4. The standard InChI is InChI=1S/C19H15FN2O4/c1-19(18(21)25,11-5-3-2-4-6-11)22-17(24)16-10-14(23)13-8-7-12(20)9-15(13)26-16/h2-10H,1H3,(H2,21,25)(H,22,24). The average Bonchev–Trinajstić information content (AvgIpc) is 2.61. The van der Waals surface area contributed by atoms with Gasteiger partial charge in [0.25, 0.3) is 5.91 Å². The van der Waals surface area contributed by atoms with E-state index in [0.717, 1.165) is 18.2 Å². The van der Waals surface area contributed by atoms with Crippen molar-refractivity contribution >= 4 is 22.8 Å². The second-order valence-electron chi connectivity index (χ2n) is 5.92. The first kappa shape index (κ1) is 17.3. The van der Waals surface area contributed by atoms with Crippen molar-refractivity contribution in [2.24, 2.45) is 5.73 Å². The molecule has 2 aromatic carbocycles. The Balaban J connectivity index is 2.02. The SMILES string of the molecule is CC(NC(=O)c1cc(=O)c2ccc(F)cc2o1)(C(N)=O)c1ccccc1. The summed E-state index contributed by atoms with van der Waals surface area (Å²) in [4.78, 5) is 36.7. The van der Waals surface area contributed by atoms with Crippen LogP contribution in [0.4, 0.5) is 4.39 Å². The zero-order valence-corrected chi connectivity index (χ0v) is 13.8. The Bertz CT molecular complexity index is 1060. The van der Waals surface area contributed by atoms with Crippen molar-refractivity contribution in [1.82, 2.24) is 5.32 Å². The fourth-order valence-corrected chi connectivity index (χ4v) is 2.58. The number of nitrogens with one attached hydrogen (secondary N) is 1. The predicted octanol–water partition coefficient (Wildman–Crippen LogP) is 2.06. The van der Waals surface area contributed by atoms with Crippen LogP contribution in [-0.2, 0) is 10.3 Å². The molecule has 0 fully saturated rings. The number of nitrogens with two attached hydrogens (primary N) is 1. The maximum atomic E-state index is 13.4. The van der Waals surface area contributed by atoms with Crippen LogP contribution >= 0.6 is 0 Å². The topological polar surface area (TPSA) is 102 Å². The number of hydrogen-bond donors (Lipinski definition) is 2. The minimum atomic E-state index is -1.52. The average molecular weight is 354 g/mol. The molecule has 1 atom stereocenters. The van der Waals surface area contributed by atoms with Gasteiger partial charge in [0.2, 0.25) is 5.91 Å². The van der Waals surface area contributed by atoms with Crippen molar-refractivity contribution in [3.63, 3.8) is 0 Å². The van der Waals surface area contributed by atoms with E-state index in [9.17, 15) is 18.8 Å². The van der Waals surface area contributed by atoms with E-state index < -0.39 is 28.6 Å². The van der Waals surface area contributed by atoms with Gasteiger partial charge in [-0.25, -0.2) is 4.39 Å². The van der Waals surface area contributed by atoms with Crippen LogP contribution in [0.25, 0.3) is 11.0 Å². The summed E-state index contributed by atoms with van der Waals surface area (Å²) in [6.45, 7) is 1.45. The number of fused-ring (bicyclic) bond motifs is 1. The Labute approximate surface area is 147 Å².